The summed E-state index contributed by atoms with van der Waals surface area (Å²) in [6.07, 6.45) is 4.89. The van der Waals surface area contributed by atoms with Gasteiger partial charge in [0, 0.05) is 24.9 Å². The van der Waals surface area contributed by atoms with Gasteiger partial charge in [-0.3, -0.25) is 4.79 Å². The Labute approximate surface area is 112 Å². The van der Waals surface area contributed by atoms with E-state index in [9.17, 15) is 4.79 Å². The monoisotopic (exact) mass is 249 g/mol. The lowest BCUT2D eigenvalue weighted by Gasteiger charge is -2.37. The highest BCUT2D eigenvalue weighted by Crippen LogP contribution is 2.35. The number of nitrogens with zero attached hydrogens (tertiary/aromatic N) is 1. The summed E-state index contributed by atoms with van der Waals surface area (Å²) in [4.78, 5) is 14.6. The first-order valence-corrected chi connectivity index (χ1v) is 6.88. The molecule has 102 valence electrons. The molecule has 1 aliphatic heterocycles. The van der Waals surface area contributed by atoms with Crippen LogP contribution in [0.15, 0.2) is 23.4 Å². The summed E-state index contributed by atoms with van der Waals surface area (Å²) >= 11 is 0. The molecule has 1 aliphatic rings. The summed E-state index contributed by atoms with van der Waals surface area (Å²) in [6, 6.07) is 0. The molecule has 0 aliphatic carbocycles. The average molecular weight is 249 g/mol. The Hall–Kier alpha value is -1.05. The molecule has 1 heterocycles. The van der Waals surface area contributed by atoms with Gasteiger partial charge >= 0.3 is 0 Å². The molecule has 0 atom stereocenters. The second kappa shape index (κ2) is 5.73. The second-order valence-corrected chi connectivity index (χ2v) is 6.65. The summed E-state index contributed by atoms with van der Waals surface area (Å²) in [7, 11) is 0. The molecule has 0 fully saturated rings. The van der Waals surface area contributed by atoms with Crippen molar-refractivity contribution in [2.75, 3.05) is 13.1 Å². The zero-order chi connectivity index (χ0) is 13.9. The van der Waals surface area contributed by atoms with Gasteiger partial charge in [0.15, 0.2) is 5.78 Å². The van der Waals surface area contributed by atoms with Crippen LogP contribution in [0, 0.1) is 11.3 Å². The molecule has 0 aromatic heterocycles. The zero-order valence-electron chi connectivity index (χ0n) is 12.7. The molecule has 0 aromatic rings. The molecule has 0 radical (unpaired) electrons. The van der Waals surface area contributed by atoms with Crippen molar-refractivity contribution in [2.45, 2.75) is 48.0 Å². The maximum Gasteiger partial charge on any atom is 0.183 e. The van der Waals surface area contributed by atoms with Crippen LogP contribution in [0.2, 0.25) is 0 Å². The van der Waals surface area contributed by atoms with Crippen molar-refractivity contribution in [1.82, 2.24) is 4.90 Å². The van der Waals surface area contributed by atoms with Crippen LogP contribution in [-0.2, 0) is 4.79 Å². The molecule has 0 saturated heterocycles. The van der Waals surface area contributed by atoms with Gasteiger partial charge in [0.05, 0.1) is 0 Å². The number of allylic oxidation sites excluding steroid dienone is 3. The van der Waals surface area contributed by atoms with E-state index in [2.05, 4.69) is 38.8 Å². The number of hydrogen-bond acceptors (Lipinski definition) is 2. The Bertz CT molecular complexity index is 371. The maximum atomic E-state index is 12.3. The number of hydrogen-bond donors (Lipinski definition) is 0. The quantitative estimate of drug-likeness (QED) is 0.706. The molecular formula is C16H27NO. The van der Waals surface area contributed by atoms with Crippen molar-refractivity contribution in [3.05, 3.63) is 23.4 Å². The van der Waals surface area contributed by atoms with Crippen LogP contribution in [-0.4, -0.2) is 23.8 Å². The zero-order valence-corrected chi connectivity index (χ0v) is 12.7. The average Bonchev–Trinajstić information content (AvgIpc) is 2.18. The Balaban J connectivity index is 2.97. The van der Waals surface area contributed by atoms with Crippen LogP contribution in [0.3, 0.4) is 0 Å². The van der Waals surface area contributed by atoms with E-state index in [1.807, 2.05) is 13.8 Å². The van der Waals surface area contributed by atoms with E-state index in [1.54, 1.807) is 6.08 Å². The van der Waals surface area contributed by atoms with Crippen molar-refractivity contribution in [3.8, 4) is 0 Å². The van der Waals surface area contributed by atoms with Crippen LogP contribution in [0.4, 0.5) is 0 Å². The number of ketones is 1. The van der Waals surface area contributed by atoms with Crippen LogP contribution in [0.5, 0.6) is 0 Å². The third kappa shape index (κ3) is 4.01. The van der Waals surface area contributed by atoms with Crippen molar-refractivity contribution in [1.29, 1.82) is 0 Å². The Morgan fingerprint density at radius 3 is 2.56 bits per heavy atom. The van der Waals surface area contributed by atoms with Crippen LogP contribution in [0.25, 0.3) is 0 Å². The first kappa shape index (κ1) is 15.0. The molecule has 1 rings (SSSR count). The summed E-state index contributed by atoms with van der Waals surface area (Å²) in [5, 5.41) is 0. The molecular weight excluding hydrogens is 222 g/mol. The molecule has 0 bridgehead atoms. The van der Waals surface area contributed by atoms with E-state index in [0.29, 0.717) is 5.92 Å². The van der Waals surface area contributed by atoms with Gasteiger partial charge in [0.25, 0.3) is 0 Å². The van der Waals surface area contributed by atoms with Gasteiger partial charge in [0.2, 0.25) is 0 Å². The third-order valence-electron chi connectivity index (χ3n) is 3.35. The Morgan fingerprint density at radius 1 is 1.44 bits per heavy atom. The topological polar surface area (TPSA) is 20.3 Å². The third-order valence-corrected chi connectivity index (χ3v) is 3.35. The molecule has 0 N–H and O–H groups in total. The van der Waals surface area contributed by atoms with Gasteiger partial charge in [-0.2, -0.15) is 0 Å². The van der Waals surface area contributed by atoms with E-state index in [4.69, 9.17) is 0 Å². The lowest BCUT2D eigenvalue weighted by atomic mass is 9.77. The minimum atomic E-state index is -0.00346. The number of carbonyl (C=O) groups excluding carboxylic acids is 1. The summed E-state index contributed by atoms with van der Waals surface area (Å²) < 4.78 is 0. The highest BCUT2D eigenvalue weighted by Gasteiger charge is 2.31. The second-order valence-electron chi connectivity index (χ2n) is 6.65. The molecule has 0 amide bonds. The van der Waals surface area contributed by atoms with Crippen LogP contribution in [0.1, 0.15) is 48.0 Å². The fourth-order valence-corrected chi connectivity index (χ4v) is 2.33. The maximum absolute atomic E-state index is 12.3. The molecule has 0 unspecified atom stereocenters. The lowest BCUT2D eigenvalue weighted by Crippen LogP contribution is -2.36. The van der Waals surface area contributed by atoms with E-state index in [-0.39, 0.29) is 11.2 Å². The molecule has 2 nitrogen and oxygen atoms in total. The molecule has 0 saturated carbocycles. The normalized spacial score (nSPS) is 18.6. The van der Waals surface area contributed by atoms with Gasteiger partial charge in [0.1, 0.15) is 0 Å². The predicted molar refractivity (Wildman–Crippen MR) is 77.3 cm³/mol. The Kier molecular flexibility index (Phi) is 4.78. The minimum absolute atomic E-state index is 0.00346. The van der Waals surface area contributed by atoms with E-state index in [1.165, 1.54) is 0 Å². The van der Waals surface area contributed by atoms with Crippen molar-refractivity contribution < 1.29 is 4.79 Å². The fourth-order valence-electron chi connectivity index (χ4n) is 2.33. The SMILES string of the molecule is CC(C)=CC(=O)C1=CN(CC(C)C)CCC1(C)C. The van der Waals surface area contributed by atoms with Crippen molar-refractivity contribution >= 4 is 5.78 Å². The van der Waals surface area contributed by atoms with Gasteiger partial charge in [-0.15, -0.1) is 0 Å². The van der Waals surface area contributed by atoms with Gasteiger partial charge in [-0.25, -0.2) is 0 Å². The smallest absolute Gasteiger partial charge is 0.183 e. The number of rotatable bonds is 4. The van der Waals surface area contributed by atoms with Crippen molar-refractivity contribution in [2.24, 2.45) is 11.3 Å². The molecule has 18 heavy (non-hydrogen) atoms. The van der Waals surface area contributed by atoms with Gasteiger partial charge in [-0.1, -0.05) is 33.3 Å². The molecule has 2 heteroatoms. The predicted octanol–water partition coefficient (Wildman–Crippen LogP) is 3.79. The van der Waals surface area contributed by atoms with E-state index >= 15 is 0 Å². The first-order chi connectivity index (χ1) is 8.22. The lowest BCUT2D eigenvalue weighted by molar-refractivity contribution is -0.112. The highest BCUT2D eigenvalue weighted by molar-refractivity contribution is 6.05. The van der Waals surface area contributed by atoms with Crippen molar-refractivity contribution in [3.63, 3.8) is 0 Å². The van der Waals surface area contributed by atoms with E-state index in [0.717, 1.165) is 30.7 Å². The molecule has 0 aromatic carbocycles. The van der Waals surface area contributed by atoms with Crippen LogP contribution >= 0.6 is 0 Å². The summed E-state index contributed by atoms with van der Waals surface area (Å²) in [5.41, 5.74) is 2.02. The summed E-state index contributed by atoms with van der Waals surface area (Å²) in [5.74, 6) is 0.802. The fraction of sp³-hybridized carbons (Fsp3) is 0.688. The largest absolute Gasteiger partial charge is 0.377 e. The standard InChI is InChI=1S/C16H27NO/c1-12(2)9-15(18)14-11-17(10-13(3)4)8-7-16(14,5)6/h9,11,13H,7-8,10H2,1-6H3. The Morgan fingerprint density at radius 2 is 2.06 bits per heavy atom. The van der Waals surface area contributed by atoms with Crippen LogP contribution < -0.4 is 0 Å². The summed E-state index contributed by atoms with van der Waals surface area (Å²) in [6.45, 7) is 14.8. The molecule has 0 spiro atoms. The van der Waals surface area contributed by atoms with Gasteiger partial charge in [-0.05, 0) is 37.7 Å². The van der Waals surface area contributed by atoms with Gasteiger partial charge < -0.3 is 4.90 Å². The minimum Gasteiger partial charge on any atom is -0.377 e. The highest BCUT2D eigenvalue weighted by atomic mass is 16.1. The van der Waals surface area contributed by atoms with E-state index < -0.39 is 0 Å². The number of carbonyl (C=O) groups is 1. The first-order valence-electron chi connectivity index (χ1n) is 6.88.